The minimum Gasteiger partial charge on any atom is -0.871 e. The fourth-order valence-corrected chi connectivity index (χ4v) is 0. The van der Waals surface area contributed by atoms with Crippen molar-refractivity contribution < 1.29 is 49.6 Å². The molecule has 0 bridgehead atoms. The molecule has 0 rings (SSSR count). The fourth-order valence-electron chi connectivity index (χ4n) is 0. The molecule has 6 nitrogen and oxygen atoms in total. The Morgan fingerprint density at radius 1 is 1.30 bits per heavy atom. The van der Waals surface area contributed by atoms with Crippen LogP contribution in [0.2, 0.25) is 0 Å². The molecule has 0 aromatic heterocycles. The second-order valence-corrected chi connectivity index (χ2v) is 0.557. The molecule has 0 aliphatic heterocycles. The molecule has 0 saturated carbocycles. The van der Waals surface area contributed by atoms with Crippen molar-refractivity contribution in [3.63, 3.8) is 0 Å². The zero-order valence-corrected chi connectivity index (χ0v) is 10.2. The van der Waals surface area contributed by atoms with Gasteiger partial charge in [-0.3, -0.25) is 0 Å². The van der Waals surface area contributed by atoms with Crippen LogP contribution in [0, 0.1) is 0 Å². The summed E-state index contributed by atoms with van der Waals surface area (Å²) < 4.78 is 0. The summed E-state index contributed by atoms with van der Waals surface area (Å²) in [4.78, 5) is 8.33. The molecule has 0 radical (unpaired) electrons. The van der Waals surface area contributed by atoms with Crippen LogP contribution in [0.1, 0.15) is 0 Å². The van der Waals surface area contributed by atoms with E-state index in [1.165, 1.54) is 0 Å². The Morgan fingerprint density at radius 2 is 1.30 bits per heavy atom. The van der Waals surface area contributed by atoms with Crippen LogP contribution in [0.25, 0.3) is 0 Å². The molecule has 0 amide bonds. The van der Waals surface area contributed by atoms with Crippen molar-refractivity contribution in [1.82, 2.24) is 0 Å². The summed E-state index contributed by atoms with van der Waals surface area (Å²) in [5, 5.41) is 40.7. The number of carbonyl (C=O) groups is 1. The van der Waals surface area contributed by atoms with E-state index in [-0.39, 0.29) is 57.2 Å². The zero-order valence-electron chi connectivity index (χ0n) is 4.98. The van der Waals surface area contributed by atoms with Crippen LogP contribution in [0.4, 0.5) is 4.79 Å². The molecule has 0 heterocycles. The van der Waals surface area contributed by atoms with Gasteiger partial charge in [-0.05, 0) is 6.16 Å². The average Bonchev–Trinajstić information content (AvgIpc) is 1.25. The molecule has 0 aromatic rings. The van der Waals surface area contributed by atoms with Crippen LogP contribution in [0.5, 0.6) is 0 Å². The Morgan fingerprint density at radius 3 is 1.30 bits per heavy atom. The minimum atomic E-state index is -2.67. The van der Waals surface area contributed by atoms with Gasteiger partial charge in [-0.2, -0.15) is 0 Å². The maximum absolute atomic E-state index is 8.53. The van der Waals surface area contributed by atoms with Crippen LogP contribution in [-0.4, -0.2) is 56.2 Å². The van der Waals surface area contributed by atoms with Crippen LogP contribution in [0.15, 0.2) is 0 Å². The van der Waals surface area contributed by atoms with Crippen molar-refractivity contribution in [2.75, 3.05) is 0 Å². The Hall–Kier alpha value is 1.10. The standard InChI is InChI=1S/CH2O3.BHO3.Ca.Zn/c2*2-1(3)4;;/h(H2,2,3,4);2H;;/q;-2;2*+2/p-2. The van der Waals surface area contributed by atoms with Gasteiger partial charge in [0.1, 0.15) is 0 Å². The maximum atomic E-state index is 8.53. The normalized spacial score (nSPS) is 5.10. The molecular weight excluding hydrogens is 224 g/mol. The number of hydrogen-bond acceptors (Lipinski definition) is 6. The molecule has 0 aromatic carbocycles. The van der Waals surface area contributed by atoms with Gasteiger partial charge in [-0.15, -0.1) is 0 Å². The molecule has 0 aliphatic carbocycles. The summed E-state index contributed by atoms with van der Waals surface area (Å²) in [6.45, 7) is 0. The molecule has 0 aliphatic rings. The van der Waals surface area contributed by atoms with Gasteiger partial charge in [0.25, 0.3) is 0 Å². The number of hydrogen-bond donors (Lipinski definition) is 1. The van der Waals surface area contributed by atoms with E-state index in [2.05, 4.69) is 0 Å². The van der Waals surface area contributed by atoms with Crippen molar-refractivity contribution in [3.05, 3.63) is 0 Å². The van der Waals surface area contributed by atoms with Gasteiger partial charge in [0.2, 0.25) is 0 Å². The molecule has 0 saturated heterocycles. The zero-order chi connectivity index (χ0) is 7.15. The first-order valence-electron chi connectivity index (χ1n) is 1.34. The van der Waals surface area contributed by atoms with Gasteiger partial charge in [0, 0.05) is 0 Å². The summed E-state index contributed by atoms with van der Waals surface area (Å²) in [5.41, 5.74) is 0. The van der Waals surface area contributed by atoms with Gasteiger partial charge in [0.05, 0.1) is 7.32 Å². The molecule has 0 atom stereocenters. The molecule has 0 spiro atoms. The number of rotatable bonds is 0. The molecule has 9 heteroatoms. The van der Waals surface area contributed by atoms with E-state index in [4.69, 9.17) is 30.1 Å². The van der Waals surface area contributed by atoms with Crippen molar-refractivity contribution >= 4 is 51.2 Å². The van der Waals surface area contributed by atoms with E-state index < -0.39 is 13.5 Å². The van der Waals surface area contributed by atoms with Gasteiger partial charge in [0.15, 0.2) is 0 Å². The van der Waals surface area contributed by atoms with Crippen LogP contribution >= 0.6 is 0 Å². The van der Waals surface area contributed by atoms with E-state index in [9.17, 15) is 0 Å². The molecule has 0 unspecified atom stereocenters. The van der Waals surface area contributed by atoms with Crippen molar-refractivity contribution in [1.29, 1.82) is 0 Å². The monoisotopic (exact) mass is 224 g/mol. The molecule has 1 N–H and O–H groups in total. The van der Waals surface area contributed by atoms with Gasteiger partial charge in [-0.25, -0.2) is 0 Å². The molecule has 48 valence electrons. The Labute approximate surface area is 99.8 Å². The first-order valence-corrected chi connectivity index (χ1v) is 1.34. The van der Waals surface area contributed by atoms with E-state index >= 15 is 0 Å². The summed E-state index contributed by atoms with van der Waals surface area (Å²) in [7, 11) is -2.67. The van der Waals surface area contributed by atoms with Gasteiger partial charge < -0.3 is 30.1 Å². The Kier molecular flexibility index (Phi) is 37.3. The third kappa shape index (κ3) is 495. The summed E-state index contributed by atoms with van der Waals surface area (Å²) in [6, 6.07) is 0. The minimum absolute atomic E-state index is 0. The van der Waals surface area contributed by atoms with Gasteiger partial charge >= 0.3 is 57.2 Å². The van der Waals surface area contributed by atoms with E-state index in [0.717, 1.165) is 0 Å². The third-order valence-corrected chi connectivity index (χ3v) is 0. The fraction of sp³-hybridized carbons (Fsp3) is 0. The first kappa shape index (κ1) is 22.5. The quantitative estimate of drug-likeness (QED) is 0.408. The predicted octanol–water partition coefficient (Wildman–Crippen LogP) is -6.15. The van der Waals surface area contributed by atoms with Crippen LogP contribution in [0.3, 0.4) is 0 Å². The second-order valence-electron chi connectivity index (χ2n) is 0.557. The van der Waals surface area contributed by atoms with Gasteiger partial charge in [-0.1, -0.05) is 0 Å². The summed E-state index contributed by atoms with van der Waals surface area (Å²) in [5.74, 6) is 0. The predicted molar refractivity (Wildman–Crippen MR) is 19.1 cm³/mol. The first-order chi connectivity index (χ1) is 3.46. The molecule has 0 fully saturated rings. The largest absolute Gasteiger partial charge is 2.00 e. The summed E-state index contributed by atoms with van der Waals surface area (Å²) in [6.07, 6.45) is -2.33. The number of carbonyl (C=O) groups excluding carboxylic acids is 1. The van der Waals surface area contributed by atoms with E-state index in [1.54, 1.807) is 0 Å². The second kappa shape index (κ2) is 16.6. The maximum Gasteiger partial charge on any atom is 2.00 e. The van der Waals surface area contributed by atoms with E-state index in [0.29, 0.717) is 0 Å². The van der Waals surface area contributed by atoms with Crippen molar-refractivity contribution in [2.24, 2.45) is 0 Å². The smallest absolute Gasteiger partial charge is 0.871 e. The van der Waals surface area contributed by atoms with Crippen molar-refractivity contribution in [3.8, 4) is 0 Å². The van der Waals surface area contributed by atoms with Crippen LogP contribution < -0.4 is 20.3 Å². The third-order valence-electron chi connectivity index (χ3n) is 0. The summed E-state index contributed by atoms with van der Waals surface area (Å²) >= 11 is 0. The number of carboxylic acid groups (broad SMARTS) is 2. The Bertz CT molecular complexity index is 62.0. The molecule has 10 heavy (non-hydrogen) atoms. The average molecular weight is 225 g/mol. The Balaban J connectivity index is -0.0000000300. The SMILES string of the molecule is O=C([O-])[O-].[Ca+2].[O-]B([O-])O.[Zn+2]. The van der Waals surface area contributed by atoms with Crippen LogP contribution in [-0.2, 0) is 19.5 Å². The van der Waals surface area contributed by atoms with E-state index in [1.807, 2.05) is 0 Å². The molecular formula is CHBCaO6Zn. The van der Waals surface area contributed by atoms with Crippen molar-refractivity contribution in [2.45, 2.75) is 0 Å². The topological polar surface area (TPSA) is 130 Å².